The van der Waals surface area contributed by atoms with E-state index in [1.54, 1.807) is 0 Å². The van der Waals surface area contributed by atoms with Gasteiger partial charge in [0.25, 0.3) is 0 Å². The quantitative estimate of drug-likeness (QED) is 0.697. The van der Waals surface area contributed by atoms with Crippen molar-refractivity contribution in [3.63, 3.8) is 0 Å². The van der Waals surface area contributed by atoms with Gasteiger partial charge in [-0.05, 0) is 32.4 Å². The first-order chi connectivity index (χ1) is 10.1. The van der Waals surface area contributed by atoms with Crippen LogP contribution < -0.4 is 0 Å². The molecule has 22 heavy (non-hydrogen) atoms. The Hall–Kier alpha value is -0.360. The second kappa shape index (κ2) is 12.1. The topological polar surface area (TPSA) is 53.0 Å². The summed E-state index contributed by atoms with van der Waals surface area (Å²) in [7, 11) is 0. The van der Waals surface area contributed by atoms with E-state index in [2.05, 4.69) is 18.7 Å². The van der Waals surface area contributed by atoms with Gasteiger partial charge in [-0.1, -0.05) is 20.8 Å². The number of hydrogen-bond acceptors (Lipinski definition) is 4. The zero-order valence-corrected chi connectivity index (χ0v) is 15.1. The fourth-order valence-corrected chi connectivity index (χ4v) is 2.90. The lowest BCUT2D eigenvalue weighted by Crippen LogP contribution is -2.44. The summed E-state index contributed by atoms with van der Waals surface area (Å²) in [5.74, 6) is 0.0260. The van der Waals surface area contributed by atoms with E-state index < -0.39 is 6.10 Å². The van der Waals surface area contributed by atoms with E-state index in [9.17, 15) is 9.90 Å². The molecule has 132 valence electrons. The molecular formula is C16H33ClN2O3. The van der Waals surface area contributed by atoms with Crippen LogP contribution in [0.3, 0.4) is 0 Å². The molecule has 2 atom stereocenters. The van der Waals surface area contributed by atoms with Crippen LogP contribution in [-0.4, -0.2) is 72.9 Å². The Labute approximate surface area is 141 Å². The van der Waals surface area contributed by atoms with Gasteiger partial charge in [0.1, 0.15) is 0 Å². The number of hydrogen-bond donors (Lipinski definition) is 1. The van der Waals surface area contributed by atoms with Crippen LogP contribution in [0.5, 0.6) is 0 Å². The third-order valence-corrected chi connectivity index (χ3v) is 3.92. The van der Waals surface area contributed by atoms with Gasteiger partial charge in [0.05, 0.1) is 19.3 Å². The Balaban J connectivity index is 0.00000441. The molecule has 1 heterocycles. The van der Waals surface area contributed by atoms with Gasteiger partial charge >= 0.3 is 0 Å². The van der Waals surface area contributed by atoms with Crippen molar-refractivity contribution >= 4 is 18.3 Å². The molecule has 0 spiro atoms. The second-order valence-electron chi connectivity index (χ2n) is 6.03. The zero-order valence-electron chi connectivity index (χ0n) is 14.3. The zero-order chi connectivity index (χ0) is 15.7. The molecule has 2 unspecified atom stereocenters. The van der Waals surface area contributed by atoms with E-state index in [0.29, 0.717) is 39.3 Å². The molecule has 0 radical (unpaired) electrons. The molecule has 1 saturated heterocycles. The van der Waals surface area contributed by atoms with Gasteiger partial charge in [-0.3, -0.25) is 4.79 Å². The van der Waals surface area contributed by atoms with Crippen molar-refractivity contribution in [2.45, 2.75) is 46.1 Å². The van der Waals surface area contributed by atoms with E-state index in [1.807, 2.05) is 11.8 Å². The van der Waals surface area contributed by atoms with Gasteiger partial charge < -0.3 is 19.6 Å². The Morgan fingerprint density at radius 2 is 1.77 bits per heavy atom. The van der Waals surface area contributed by atoms with E-state index in [1.165, 1.54) is 0 Å². The maximum absolute atomic E-state index is 12.3. The predicted octanol–water partition coefficient (Wildman–Crippen LogP) is 1.78. The van der Waals surface area contributed by atoms with E-state index in [0.717, 1.165) is 25.9 Å². The molecule has 0 aromatic heterocycles. The number of halogens is 1. The van der Waals surface area contributed by atoms with Gasteiger partial charge in [0.15, 0.2) is 0 Å². The first-order valence-electron chi connectivity index (χ1n) is 8.35. The highest BCUT2D eigenvalue weighted by Crippen LogP contribution is 2.13. The number of nitrogens with zero attached hydrogens (tertiary/aromatic N) is 2. The summed E-state index contributed by atoms with van der Waals surface area (Å²) in [5.41, 5.74) is 0. The van der Waals surface area contributed by atoms with Crippen LogP contribution in [0.15, 0.2) is 0 Å². The van der Waals surface area contributed by atoms with Crippen molar-refractivity contribution in [2.75, 3.05) is 45.9 Å². The molecule has 1 aliphatic heterocycles. The largest absolute Gasteiger partial charge is 0.392 e. The van der Waals surface area contributed by atoms with Crippen molar-refractivity contribution in [1.82, 2.24) is 9.80 Å². The minimum atomic E-state index is -0.428. The molecular weight excluding hydrogens is 304 g/mol. The van der Waals surface area contributed by atoms with Crippen LogP contribution in [0.25, 0.3) is 0 Å². The molecule has 1 fully saturated rings. The lowest BCUT2D eigenvalue weighted by atomic mass is 10.0. The lowest BCUT2D eigenvalue weighted by molar-refractivity contribution is -0.140. The monoisotopic (exact) mass is 336 g/mol. The van der Waals surface area contributed by atoms with Crippen LogP contribution in [0.2, 0.25) is 0 Å². The molecule has 0 saturated carbocycles. The lowest BCUT2D eigenvalue weighted by Gasteiger charge is -2.30. The number of carbonyl (C=O) groups is 1. The molecule has 0 aromatic rings. The van der Waals surface area contributed by atoms with Gasteiger partial charge in [0.2, 0.25) is 5.91 Å². The van der Waals surface area contributed by atoms with Crippen molar-refractivity contribution in [2.24, 2.45) is 5.92 Å². The van der Waals surface area contributed by atoms with Crippen LogP contribution in [0.1, 0.15) is 40.0 Å². The maximum Gasteiger partial charge on any atom is 0.225 e. The third-order valence-electron chi connectivity index (χ3n) is 3.92. The standard InChI is InChI=1S/C16H32N2O3.ClH/c1-4-6-17(7-5-2)13-15(19)12-14(3)16(20)18-8-10-21-11-9-18;/h14-15,19H,4-13H2,1-3H3;1H. The molecule has 0 aliphatic carbocycles. The summed E-state index contributed by atoms with van der Waals surface area (Å²) in [6.45, 7) is 11.5. The van der Waals surface area contributed by atoms with Crippen molar-refractivity contribution in [1.29, 1.82) is 0 Å². The SMILES string of the molecule is CCCN(CCC)CC(O)CC(C)C(=O)N1CCOCC1.Cl. The average Bonchev–Trinajstić information content (AvgIpc) is 2.47. The van der Waals surface area contributed by atoms with Crippen LogP contribution in [0.4, 0.5) is 0 Å². The maximum atomic E-state index is 12.3. The number of aliphatic hydroxyl groups excluding tert-OH is 1. The van der Waals surface area contributed by atoms with E-state index in [-0.39, 0.29) is 24.2 Å². The van der Waals surface area contributed by atoms with Gasteiger partial charge in [0, 0.05) is 25.6 Å². The van der Waals surface area contributed by atoms with Crippen molar-refractivity contribution in [3.05, 3.63) is 0 Å². The van der Waals surface area contributed by atoms with Crippen LogP contribution in [-0.2, 0) is 9.53 Å². The summed E-state index contributed by atoms with van der Waals surface area (Å²) in [4.78, 5) is 16.5. The number of rotatable bonds is 9. The van der Waals surface area contributed by atoms with Crippen LogP contribution >= 0.6 is 12.4 Å². The molecule has 1 N–H and O–H groups in total. The fourth-order valence-electron chi connectivity index (χ4n) is 2.90. The summed E-state index contributed by atoms with van der Waals surface area (Å²) < 4.78 is 5.27. The molecule has 0 aromatic carbocycles. The number of morpholine rings is 1. The van der Waals surface area contributed by atoms with Gasteiger partial charge in [-0.2, -0.15) is 0 Å². The highest BCUT2D eigenvalue weighted by Gasteiger charge is 2.24. The summed E-state index contributed by atoms with van der Waals surface area (Å²) >= 11 is 0. The first kappa shape index (κ1) is 21.6. The van der Waals surface area contributed by atoms with Gasteiger partial charge in [-0.25, -0.2) is 0 Å². The highest BCUT2D eigenvalue weighted by molar-refractivity contribution is 5.85. The Bertz CT molecular complexity index is 293. The predicted molar refractivity (Wildman–Crippen MR) is 91.5 cm³/mol. The summed E-state index contributed by atoms with van der Waals surface area (Å²) in [6.07, 6.45) is 2.30. The fraction of sp³-hybridized carbons (Fsp3) is 0.938. The second-order valence-corrected chi connectivity index (χ2v) is 6.03. The third kappa shape index (κ3) is 7.77. The Morgan fingerprint density at radius 1 is 1.23 bits per heavy atom. The molecule has 1 rings (SSSR count). The van der Waals surface area contributed by atoms with Crippen molar-refractivity contribution in [3.8, 4) is 0 Å². The number of carbonyl (C=O) groups excluding carboxylic acids is 1. The molecule has 5 nitrogen and oxygen atoms in total. The van der Waals surface area contributed by atoms with Crippen molar-refractivity contribution < 1.29 is 14.6 Å². The van der Waals surface area contributed by atoms with E-state index in [4.69, 9.17) is 4.74 Å². The Morgan fingerprint density at radius 3 is 2.27 bits per heavy atom. The highest BCUT2D eigenvalue weighted by atomic mass is 35.5. The molecule has 1 aliphatic rings. The first-order valence-corrected chi connectivity index (χ1v) is 8.35. The average molecular weight is 337 g/mol. The van der Waals surface area contributed by atoms with Crippen LogP contribution in [0, 0.1) is 5.92 Å². The Kier molecular flexibility index (Phi) is 11.9. The normalized spacial score (nSPS) is 18.0. The molecule has 1 amide bonds. The minimum absolute atomic E-state index is 0. The van der Waals surface area contributed by atoms with Gasteiger partial charge in [-0.15, -0.1) is 12.4 Å². The number of amides is 1. The molecule has 0 bridgehead atoms. The minimum Gasteiger partial charge on any atom is -0.392 e. The number of aliphatic hydroxyl groups is 1. The molecule has 6 heteroatoms. The van der Waals surface area contributed by atoms with E-state index >= 15 is 0 Å². The summed E-state index contributed by atoms with van der Waals surface area (Å²) in [6, 6.07) is 0. The smallest absolute Gasteiger partial charge is 0.225 e. The number of ether oxygens (including phenoxy) is 1. The summed E-state index contributed by atoms with van der Waals surface area (Å²) in [5, 5.41) is 10.3.